The van der Waals surface area contributed by atoms with Crippen LogP contribution < -0.4 is 0 Å². The molecule has 0 unspecified atom stereocenters. The number of likely N-dealkylation sites (tertiary alicyclic amines) is 1. The smallest absolute Gasteiger partial charge is 0.309 e. The Morgan fingerprint density at radius 3 is 2.59 bits per heavy atom. The average Bonchev–Trinajstić information content (AvgIpc) is 2.95. The molecule has 1 atom stereocenters. The van der Waals surface area contributed by atoms with Gasteiger partial charge in [0.2, 0.25) is 0 Å². The summed E-state index contributed by atoms with van der Waals surface area (Å²) < 4.78 is 33.8. The van der Waals surface area contributed by atoms with Crippen LogP contribution in [0.3, 0.4) is 0 Å². The Labute approximate surface area is 158 Å². The fourth-order valence-corrected chi connectivity index (χ4v) is 5.18. The largest absolute Gasteiger partial charge is 0.454 e. The molecule has 1 aromatic rings. The maximum absolute atomic E-state index is 12.4. The number of Topliss-reactive ketones (excluding diaryl/α,β-unsaturated/α-hetero) is 1. The van der Waals surface area contributed by atoms with Crippen molar-refractivity contribution in [3.8, 4) is 0 Å². The summed E-state index contributed by atoms with van der Waals surface area (Å²) in [5.41, 5.74) is 0.617. The van der Waals surface area contributed by atoms with Crippen LogP contribution in [0.15, 0.2) is 33.6 Å². The van der Waals surface area contributed by atoms with Crippen LogP contribution in [0.25, 0.3) is 0 Å². The van der Waals surface area contributed by atoms with Crippen molar-refractivity contribution in [2.75, 3.05) is 13.1 Å². The molecule has 7 nitrogen and oxygen atoms in total. The molecular weight excluding hydrogens is 368 g/mol. The SMILES string of the molecule is O=C(O[C@H]1CCCCC1=O)C1CCN(C2=NS(=O)(=O)c3ccccc32)CC1. The lowest BCUT2D eigenvalue weighted by atomic mass is 9.94. The fraction of sp³-hybridized carbons (Fsp3) is 0.526. The Morgan fingerprint density at radius 1 is 1.11 bits per heavy atom. The number of sulfonamides is 1. The Kier molecular flexibility index (Phi) is 4.75. The number of carbonyl (C=O) groups is 2. The first kappa shape index (κ1) is 18.2. The molecule has 0 bridgehead atoms. The molecule has 1 saturated heterocycles. The van der Waals surface area contributed by atoms with Crippen LogP contribution in [0, 0.1) is 5.92 Å². The van der Waals surface area contributed by atoms with Crippen LogP contribution in [0.2, 0.25) is 0 Å². The lowest BCUT2D eigenvalue weighted by molar-refractivity contribution is -0.161. The molecule has 2 heterocycles. The van der Waals surface area contributed by atoms with E-state index in [1.165, 1.54) is 0 Å². The van der Waals surface area contributed by atoms with Gasteiger partial charge in [0.15, 0.2) is 17.7 Å². The molecule has 1 saturated carbocycles. The third kappa shape index (κ3) is 3.50. The van der Waals surface area contributed by atoms with Crippen molar-refractivity contribution in [1.29, 1.82) is 0 Å². The number of ketones is 1. The number of amidine groups is 1. The summed E-state index contributed by atoms with van der Waals surface area (Å²) in [7, 11) is -3.64. The van der Waals surface area contributed by atoms with Gasteiger partial charge in [0, 0.05) is 25.1 Å². The molecule has 3 aliphatic rings. The molecule has 0 amide bonds. The second-order valence-corrected chi connectivity index (χ2v) is 8.86. The van der Waals surface area contributed by atoms with Gasteiger partial charge in [0.25, 0.3) is 10.0 Å². The minimum atomic E-state index is -3.64. The van der Waals surface area contributed by atoms with Crippen molar-refractivity contribution >= 4 is 27.6 Å². The molecule has 4 rings (SSSR count). The molecule has 27 heavy (non-hydrogen) atoms. The van der Waals surface area contributed by atoms with E-state index in [4.69, 9.17) is 4.74 Å². The van der Waals surface area contributed by atoms with Gasteiger partial charge in [0.1, 0.15) is 4.90 Å². The zero-order valence-electron chi connectivity index (χ0n) is 15.0. The summed E-state index contributed by atoms with van der Waals surface area (Å²) in [4.78, 5) is 26.4. The quantitative estimate of drug-likeness (QED) is 0.716. The lowest BCUT2D eigenvalue weighted by Crippen LogP contribution is -2.42. The highest BCUT2D eigenvalue weighted by molar-refractivity contribution is 7.90. The van der Waals surface area contributed by atoms with Crippen molar-refractivity contribution in [2.24, 2.45) is 10.3 Å². The summed E-state index contributed by atoms with van der Waals surface area (Å²) in [6, 6.07) is 6.80. The van der Waals surface area contributed by atoms with Gasteiger partial charge in [-0.25, -0.2) is 0 Å². The second kappa shape index (κ2) is 7.07. The molecule has 0 spiro atoms. The number of rotatable bonds is 2. The minimum absolute atomic E-state index is 0.0224. The van der Waals surface area contributed by atoms with E-state index < -0.39 is 16.1 Å². The maximum atomic E-state index is 12.4. The van der Waals surface area contributed by atoms with Crippen LogP contribution in [0.1, 0.15) is 44.1 Å². The summed E-state index contributed by atoms with van der Waals surface area (Å²) in [6.07, 6.45) is 3.43. The van der Waals surface area contributed by atoms with E-state index in [1.54, 1.807) is 24.3 Å². The van der Waals surface area contributed by atoms with E-state index >= 15 is 0 Å². The molecular formula is C19H22N2O5S. The predicted octanol–water partition coefficient (Wildman–Crippen LogP) is 1.90. The van der Waals surface area contributed by atoms with E-state index in [0.29, 0.717) is 50.2 Å². The number of ether oxygens (including phenoxy) is 1. The van der Waals surface area contributed by atoms with E-state index in [1.807, 2.05) is 4.90 Å². The van der Waals surface area contributed by atoms with Gasteiger partial charge in [0.05, 0.1) is 5.92 Å². The zero-order valence-corrected chi connectivity index (χ0v) is 15.8. The summed E-state index contributed by atoms with van der Waals surface area (Å²) >= 11 is 0. The van der Waals surface area contributed by atoms with Crippen LogP contribution >= 0.6 is 0 Å². The topological polar surface area (TPSA) is 93.1 Å². The van der Waals surface area contributed by atoms with Gasteiger partial charge in [-0.05, 0) is 44.2 Å². The summed E-state index contributed by atoms with van der Waals surface area (Å²) in [5.74, 6) is -0.0878. The third-order valence-corrected chi connectivity index (χ3v) is 6.82. The Hall–Kier alpha value is -2.22. The number of esters is 1. The third-order valence-electron chi connectivity index (χ3n) is 5.50. The number of carbonyl (C=O) groups excluding carboxylic acids is 2. The first-order chi connectivity index (χ1) is 13.0. The monoisotopic (exact) mass is 390 g/mol. The fourth-order valence-electron chi connectivity index (χ4n) is 3.96. The molecule has 1 aliphatic carbocycles. The van der Waals surface area contributed by atoms with Crippen LogP contribution in [0.4, 0.5) is 0 Å². The molecule has 2 fully saturated rings. The molecule has 144 valence electrons. The number of nitrogens with zero attached hydrogens (tertiary/aromatic N) is 2. The normalized spacial score (nSPS) is 25.0. The highest BCUT2D eigenvalue weighted by atomic mass is 32.2. The summed E-state index contributed by atoms with van der Waals surface area (Å²) in [6.45, 7) is 1.06. The number of piperidine rings is 1. The Balaban J connectivity index is 1.40. The lowest BCUT2D eigenvalue weighted by Gasteiger charge is -2.33. The molecule has 1 aromatic carbocycles. The van der Waals surface area contributed by atoms with E-state index in [-0.39, 0.29) is 22.6 Å². The van der Waals surface area contributed by atoms with E-state index in [9.17, 15) is 18.0 Å². The predicted molar refractivity (Wildman–Crippen MR) is 97.8 cm³/mol. The van der Waals surface area contributed by atoms with Crippen molar-refractivity contribution in [3.63, 3.8) is 0 Å². The van der Waals surface area contributed by atoms with Crippen LogP contribution in [0.5, 0.6) is 0 Å². The molecule has 0 radical (unpaired) electrons. The van der Waals surface area contributed by atoms with Gasteiger partial charge in [-0.1, -0.05) is 12.1 Å². The first-order valence-electron chi connectivity index (χ1n) is 9.38. The second-order valence-electron chi connectivity index (χ2n) is 7.29. The van der Waals surface area contributed by atoms with Crippen molar-refractivity contribution in [2.45, 2.75) is 49.5 Å². The minimum Gasteiger partial charge on any atom is -0.454 e. The summed E-state index contributed by atoms with van der Waals surface area (Å²) in [5, 5.41) is 0. The van der Waals surface area contributed by atoms with Gasteiger partial charge < -0.3 is 9.64 Å². The standard InChI is InChI=1S/C19H22N2O5S/c22-15-6-2-3-7-16(15)26-19(23)13-9-11-21(12-10-13)18-14-5-1-4-8-17(14)27(24,25)20-18/h1,4-5,8,13,16H,2-3,6-7,9-12H2/t16-/m0/s1. The Morgan fingerprint density at radius 2 is 1.85 bits per heavy atom. The molecule has 0 aromatic heterocycles. The van der Waals surface area contributed by atoms with Crippen LogP contribution in [-0.2, 0) is 24.3 Å². The number of fused-ring (bicyclic) bond motifs is 1. The van der Waals surface area contributed by atoms with Crippen molar-refractivity contribution in [3.05, 3.63) is 29.8 Å². The molecule has 2 aliphatic heterocycles. The molecule has 8 heteroatoms. The first-order valence-corrected chi connectivity index (χ1v) is 10.8. The van der Waals surface area contributed by atoms with Gasteiger partial charge in [-0.2, -0.15) is 8.42 Å². The van der Waals surface area contributed by atoms with Gasteiger partial charge in [-0.3, -0.25) is 9.59 Å². The van der Waals surface area contributed by atoms with E-state index in [0.717, 1.165) is 12.8 Å². The van der Waals surface area contributed by atoms with Gasteiger partial charge >= 0.3 is 5.97 Å². The maximum Gasteiger partial charge on any atom is 0.309 e. The van der Waals surface area contributed by atoms with E-state index in [2.05, 4.69) is 4.40 Å². The van der Waals surface area contributed by atoms with Crippen LogP contribution in [-0.4, -0.2) is 50.1 Å². The highest BCUT2D eigenvalue weighted by Gasteiger charge is 2.36. The average molecular weight is 390 g/mol. The number of hydrogen-bond acceptors (Lipinski definition) is 6. The number of hydrogen-bond donors (Lipinski definition) is 0. The highest BCUT2D eigenvalue weighted by Crippen LogP contribution is 2.30. The van der Waals surface area contributed by atoms with Gasteiger partial charge in [-0.15, -0.1) is 4.40 Å². The number of benzene rings is 1. The molecule has 0 N–H and O–H groups in total. The van der Waals surface area contributed by atoms with Crippen molar-refractivity contribution < 1.29 is 22.7 Å². The zero-order chi connectivity index (χ0) is 19.0. The van der Waals surface area contributed by atoms with Crippen molar-refractivity contribution in [1.82, 2.24) is 4.90 Å². The Bertz CT molecular complexity index is 900.